The fraction of sp³-hybridized carbons (Fsp3) is 0.500. The van der Waals surface area contributed by atoms with E-state index in [4.69, 9.17) is 5.10 Å². The maximum absolute atomic E-state index is 13.2. The van der Waals surface area contributed by atoms with Gasteiger partial charge in [0, 0.05) is 13.1 Å². The molecule has 0 radical (unpaired) electrons. The van der Waals surface area contributed by atoms with Crippen LogP contribution in [0.15, 0.2) is 24.3 Å². The summed E-state index contributed by atoms with van der Waals surface area (Å²) in [6.45, 7) is 8.03. The van der Waals surface area contributed by atoms with Gasteiger partial charge in [0.1, 0.15) is 0 Å². The van der Waals surface area contributed by atoms with E-state index in [9.17, 15) is 4.79 Å². The Labute approximate surface area is 144 Å². The molecule has 0 aliphatic carbocycles. The normalized spacial score (nSPS) is 14.9. The van der Waals surface area contributed by atoms with Crippen LogP contribution in [0.2, 0.25) is 0 Å². The van der Waals surface area contributed by atoms with Gasteiger partial charge >= 0.3 is 0 Å². The van der Waals surface area contributed by atoms with Crippen LogP contribution in [-0.4, -0.2) is 33.7 Å². The second-order valence-corrected chi connectivity index (χ2v) is 6.53. The number of carbonyl (C=O) groups is 1. The number of aromatic nitrogens is 2. The number of amides is 1. The number of benzene rings is 1. The predicted octanol–water partition coefficient (Wildman–Crippen LogP) is 3.93. The van der Waals surface area contributed by atoms with E-state index in [0.717, 1.165) is 61.4 Å². The molecule has 1 amide bonds. The molecule has 0 N–H and O–H groups in total. The van der Waals surface area contributed by atoms with Crippen LogP contribution in [0.3, 0.4) is 0 Å². The van der Waals surface area contributed by atoms with Crippen molar-refractivity contribution in [2.45, 2.75) is 52.9 Å². The second kappa shape index (κ2) is 7.20. The first-order valence-corrected chi connectivity index (χ1v) is 9.13. The molecule has 128 valence electrons. The average Bonchev–Trinajstić information content (AvgIpc) is 3.00. The molecule has 2 heterocycles. The van der Waals surface area contributed by atoms with E-state index in [-0.39, 0.29) is 5.91 Å². The molecule has 1 fully saturated rings. The van der Waals surface area contributed by atoms with Crippen LogP contribution in [0.1, 0.15) is 60.4 Å². The molecule has 1 aromatic heterocycles. The van der Waals surface area contributed by atoms with E-state index in [0.29, 0.717) is 0 Å². The van der Waals surface area contributed by atoms with Gasteiger partial charge in [-0.15, -0.1) is 0 Å². The molecule has 0 unspecified atom stereocenters. The summed E-state index contributed by atoms with van der Waals surface area (Å²) in [6, 6.07) is 8.24. The zero-order valence-corrected chi connectivity index (χ0v) is 15.0. The quantitative estimate of drug-likeness (QED) is 0.854. The van der Waals surface area contributed by atoms with Crippen LogP contribution in [-0.2, 0) is 12.8 Å². The highest BCUT2D eigenvalue weighted by Gasteiger charge is 2.27. The van der Waals surface area contributed by atoms with E-state index < -0.39 is 0 Å². The fourth-order valence-electron chi connectivity index (χ4n) is 3.58. The molecule has 1 aliphatic rings. The zero-order chi connectivity index (χ0) is 17.1. The smallest absolute Gasteiger partial charge is 0.257 e. The van der Waals surface area contributed by atoms with Crippen LogP contribution in [0.4, 0.5) is 0 Å². The summed E-state index contributed by atoms with van der Waals surface area (Å²) in [7, 11) is 0. The molecule has 0 saturated carbocycles. The molecular formula is C20H27N3O. The predicted molar refractivity (Wildman–Crippen MR) is 96.8 cm³/mol. The standard InChI is InChI=1S/C20H27N3O/c1-4-16-19(20(24)22-13-9-6-10-14-22)17(5-2)23(21-16)18-12-8-7-11-15(18)3/h7-8,11-12H,4-6,9-10,13-14H2,1-3H3. The van der Waals surface area contributed by atoms with Gasteiger partial charge in [0.05, 0.1) is 22.6 Å². The molecule has 0 spiro atoms. The number of aryl methyl sites for hydroxylation is 2. The lowest BCUT2D eigenvalue weighted by Crippen LogP contribution is -2.36. The van der Waals surface area contributed by atoms with Crippen molar-refractivity contribution >= 4 is 5.91 Å². The van der Waals surface area contributed by atoms with Gasteiger partial charge in [-0.25, -0.2) is 4.68 Å². The number of hydrogen-bond acceptors (Lipinski definition) is 2. The highest BCUT2D eigenvalue weighted by molar-refractivity contribution is 5.96. The van der Waals surface area contributed by atoms with Gasteiger partial charge in [0.15, 0.2) is 0 Å². The number of para-hydroxylation sites is 1. The van der Waals surface area contributed by atoms with Gasteiger partial charge in [0.2, 0.25) is 0 Å². The van der Waals surface area contributed by atoms with Crippen molar-refractivity contribution in [3.05, 3.63) is 46.8 Å². The molecule has 4 nitrogen and oxygen atoms in total. The molecule has 0 bridgehead atoms. The molecular weight excluding hydrogens is 298 g/mol. The number of likely N-dealkylation sites (tertiary alicyclic amines) is 1. The zero-order valence-electron chi connectivity index (χ0n) is 15.0. The minimum atomic E-state index is 0.170. The molecule has 4 heteroatoms. The van der Waals surface area contributed by atoms with E-state index in [1.807, 2.05) is 21.7 Å². The van der Waals surface area contributed by atoms with Crippen LogP contribution in [0.5, 0.6) is 0 Å². The van der Waals surface area contributed by atoms with Gasteiger partial charge in [-0.05, 0) is 50.7 Å². The first kappa shape index (κ1) is 16.7. The third kappa shape index (κ3) is 2.97. The van der Waals surface area contributed by atoms with Crippen molar-refractivity contribution in [1.29, 1.82) is 0 Å². The van der Waals surface area contributed by atoms with Crippen molar-refractivity contribution in [3.8, 4) is 5.69 Å². The Kier molecular flexibility index (Phi) is 5.03. The summed E-state index contributed by atoms with van der Waals surface area (Å²) in [5.74, 6) is 0.170. The number of piperidine rings is 1. The largest absolute Gasteiger partial charge is 0.339 e. The topological polar surface area (TPSA) is 38.1 Å². The number of hydrogen-bond donors (Lipinski definition) is 0. The molecule has 0 atom stereocenters. The van der Waals surface area contributed by atoms with Crippen molar-refractivity contribution in [2.75, 3.05) is 13.1 Å². The van der Waals surface area contributed by atoms with E-state index in [1.54, 1.807) is 0 Å². The van der Waals surface area contributed by atoms with Crippen molar-refractivity contribution < 1.29 is 4.79 Å². The van der Waals surface area contributed by atoms with E-state index in [1.165, 1.54) is 12.0 Å². The molecule has 1 aliphatic heterocycles. The highest BCUT2D eigenvalue weighted by Crippen LogP contribution is 2.25. The van der Waals surface area contributed by atoms with Crippen LogP contribution in [0.25, 0.3) is 5.69 Å². The van der Waals surface area contributed by atoms with Gasteiger partial charge in [-0.2, -0.15) is 5.10 Å². The Morgan fingerprint density at radius 3 is 2.42 bits per heavy atom. The lowest BCUT2D eigenvalue weighted by atomic mass is 10.0. The van der Waals surface area contributed by atoms with Gasteiger partial charge in [-0.1, -0.05) is 32.0 Å². The molecule has 2 aromatic rings. The van der Waals surface area contributed by atoms with Gasteiger partial charge in [0.25, 0.3) is 5.91 Å². The van der Waals surface area contributed by atoms with E-state index in [2.05, 4.69) is 32.9 Å². The summed E-state index contributed by atoms with van der Waals surface area (Å²) in [5.41, 5.74) is 5.05. The summed E-state index contributed by atoms with van der Waals surface area (Å²) in [5, 5.41) is 4.82. The Balaban J connectivity index is 2.09. The van der Waals surface area contributed by atoms with Crippen molar-refractivity contribution in [2.24, 2.45) is 0 Å². The van der Waals surface area contributed by atoms with E-state index >= 15 is 0 Å². The third-order valence-electron chi connectivity index (χ3n) is 4.92. The summed E-state index contributed by atoms with van der Waals surface area (Å²) in [6.07, 6.45) is 5.03. The van der Waals surface area contributed by atoms with Crippen LogP contribution < -0.4 is 0 Å². The lowest BCUT2D eigenvalue weighted by Gasteiger charge is -2.27. The van der Waals surface area contributed by atoms with Crippen molar-refractivity contribution in [3.63, 3.8) is 0 Å². The Morgan fingerprint density at radius 2 is 1.79 bits per heavy atom. The maximum Gasteiger partial charge on any atom is 0.257 e. The molecule has 1 saturated heterocycles. The third-order valence-corrected chi connectivity index (χ3v) is 4.92. The minimum absolute atomic E-state index is 0.170. The van der Waals surface area contributed by atoms with Crippen LogP contribution >= 0.6 is 0 Å². The van der Waals surface area contributed by atoms with Crippen molar-refractivity contribution in [1.82, 2.24) is 14.7 Å². The lowest BCUT2D eigenvalue weighted by molar-refractivity contribution is 0.0722. The molecule has 1 aromatic carbocycles. The Bertz CT molecular complexity index is 726. The fourth-order valence-corrected chi connectivity index (χ4v) is 3.58. The summed E-state index contributed by atoms with van der Waals surface area (Å²) in [4.78, 5) is 15.2. The minimum Gasteiger partial charge on any atom is -0.339 e. The monoisotopic (exact) mass is 325 g/mol. The number of rotatable bonds is 4. The first-order valence-electron chi connectivity index (χ1n) is 9.13. The average molecular weight is 325 g/mol. The second-order valence-electron chi connectivity index (χ2n) is 6.53. The summed E-state index contributed by atoms with van der Waals surface area (Å²) >= 11 is 0. The van der Waals surface area contributed by atoms with Crippen LogP contribution in [0, 0.1) is 6.92 Å². The van der Waals surface area contributed by atoms with Gasteiger partial charge < -0.3 is 4.90 Å². The highest BCUT2D eigenvalue weighted by atomic mass is 16.2. The Hall–Kier alpha value is -2.10. The van der Waals surface area contributed by atoms with Gasteiger partial charge in [-0.3, -0.25) is 4.79 Å². The molecule has 24 heavy (non-hydrogen) atoms. The first-order chi connectivity index (χ1) is 11.7. The number of nitrogens with zero attached hydrogens (tertiary/aromatic N) is 3. The SMILES string of the molecule is CCc1nn(-c2ccccc2C)c(CC)c1C(=O)N1CCCCC1. The maximum atomic E-state index is 13.2. The Morgan fingerprint density at radius 1 is 1.08 bits per heavy atom. The molecule has 3 rings (SSSR count). The summed E-state index contributed by atoms with van der Waals surface area (Å²) < 4.78 is 1.99. The number of carbonyl (C=O) groups excluding carboxylic acids is 1.